The summed E-state index contributed by atoms with van der Waals surface area (Å²) in [7, 11) is -0.866. The number of rotatable bonds is 3. The largest absolute Gasteiger partial charge is 0.253 e. The van der Waals surface area contributed by atoms with Crippen LogP contribution >= 0.6 is 22.9 Å². The fraction of sp³-hybridized carbons (Fsp3) is 0.333. The van der Waals surface area contributed by atoms with Gasteiger partial charge >= 0.3 is 0 Å². The molecule has 0 amide bonds. The fourth-order valence-corrected chi connectivity index (χ4v) is 2.85. The van der Waals surface area contributed by atoms with Crippen molar-refractivity contribution in [3.63, 3.8) is 0 Å². The molecule has 0 N–H and O–H groups in total. The van der Waals surface area contributed by atoms with Crippen molar-refractivity contribution < 1.29 is 4.21 Å². The molecule has 1 unspecified atom stereocenters. The van der Waals surface area contributed by atoms with Gasteiger partial charge in [0.15, 0.2) is 0 Å². The fourth-order valence-electron chi connectivity index (χ4n) is 0.564. The van der Waals surface area contributed by atoms with E-state index in [1.54, 1.807) is 0 Å². The summed E-state index contributed by atoms with van der Waals surface area (Å²) in [6.07, 6.45) is 0. The molecular weight excluding hydrogens is 188 g/mol. The van der Waals surface area contributed by atoms with Crippen molar-refractivity contribution in [1.29, 1.82) is 0 Å². The van der Waals surface area contributed by atoms with E-state index < -0.39 is 10.8 Å². The maximum Gasteiger partial charge on any atom is 0.0910 e. The van der Waals surface area contributed by atoms with Gasteiger partial charge in [-0.1, -0.05) is 6.07 Å². The molecule has 1 aromatic heterocycles. The summed E-state index contributed by atoms with van der Waals surface area (Å²) in [6, 6.07) is 3.76. The van der Waals surface area contributed by atoms with Gasteiger partial charge in [0, 0.05) is 11.6 Å². The first-order chi connectivity index (χ1) is 4.84. The molecule has 1 atom stereocenters. The van der Waals surface area contributed by atoms with Crippen LogP contribution in [0.4, 0.5) is 0 Å². The summed E-state index contributed by atoms with van der Waals surface area (Å²) in [6.45, 7) is 0. The molecule has 0 bridgehead atoms. The van der Waals surface area contributed by atoms with Gasteiger partial charge in [-0.25, -0.2) is 0 Å². The number of halogens is 1. The Labute approximate surface area is 71.5 Å². The summed E-state index contributed by atoms with van der Waals surface area (Å²) >= 11 is 6.94. The molecule has 0 aliphatic carbocycles. The van der Waals surface area contributed by atoms with Gasteiger partial charge in [0.1, 0.15) is 0 Å². The zero-order chi connectivity index (χ0) is 7.40. The second-order valence-electron chi connectivity index (χ2n) is 1.67. The topological polar surface area (TPSA) is 17.1 Å². The van der Waals surface area contributed by atoms with Gasteiger partial charge in [0.2, 0.25) is 0 Å². The van der Waals surface area contributed by atoms with Crippen LogP contribution in [-0.4, -0.2) is 15.8 Å². The molecule has 56 valence electrons. The van der Waals surface area contributed by atoms with E-state index in [1.165, 1.54) is 11.3 Å². The van der Waals surface area contributed by atoms with Crippen molar-refractivity contribution >= 4 is 33.7 Å². The van der Waals surface area contributed by atoms with Gasteiger partial charge < -0.3 is 0 Å². The van der Waals surface area contributed by atoms with E-state index in [9.17, 15) is 4.21 Å². The third-order valence-corrected chi connectivity index (χ3v) is 4.06. The molecule has 0 aliphatic heterocycles. The van der Waals surface area contributed by atoms with E-state index in [0.29, 0.717) is 11.6 Å². The van der Waals surface area contributed by atoms with Crippen molar-refractivity contribution in [2.45, 2.75) is 4.21 Å². The number of hydrogen-bond acceptors (Lipinski definition) is 2. The van der Waals surface area contributed by atoms with Crippen LogP contribution in [0.25, 0.3) is 0 Å². The van der Waals surface area contributed by atoms with E-state index >= 15 is 0 Å². The van der Waals surface area contributed by atoms with Crippen LogP contribution in [0.3, 0.4) is 0 Å². The number of hydrogen-bond donors (Lipinski definition) is 0. The van der Waals surface area contributed by atoms with Gasteiger partial charge in [-0.2, -0.15) is 0 Å². The van der Waals surface area contributed by atoms with Crippen LogP contribution in [0.1, 0.15) is 0 Å². The number of thiophene rings is 1. The smallest absolute Gasteiger partial charge is 0.0910 e. The molecular formula is C6H7ClOS2. The second kappa shape index (κ2) is 4.11. The normalized spacial score (nSPS) is 13.3. The Morgan fingerprint density at radius 3 is 3.00 bits per heavy atom. The van der Waals surface area contributed by atoms with Gasteiger partial charge in [0.25, 0.3) is 0 Å². The molecule has 1 rings (SSSR count). The molecule has 0 fully saturated rings. The van der Waals surface area contributed by atoms with Crippen LogP contribution in [0, 0.1) is 0 Å². The Bertz CT molecular complexity index is 208. The van der Waals surface area contributed by atoms with E-state index in [1.807, 2.05) is 17.5 Å². The lowest BCUT2D eigenvalue weighted by Gasteiger charge is -1.91. The Morgan fingerprint density at radius 1 is 1.70 bits per heavy atom. The van der Waals surface area contributed by atoms with Gasteiger partial charge in [-0.05, 0) is 11.4 Å². The molecule has 1 heterocycles. The average Bonchev–Trinajstić information content (AvgIpc) is 2.38. The van der Waals surface area contributed by atoms with Crippen LogP contribution in [-0.2, 0) is 10.8 Å². The summed E-state index contributed by atoms with van der Waals surface area (Å²) in [4.78, 5) is 0. The highest BCUT2D eigenvalue weighted by Crippen LogP contribution is 2.13. The lowest BCUT2D eigenvalue weighted by atomic mass is 10.7. The van der Waals surface area contributed by atoms with Crippen molar-refractivity contribution in [1.82, 2.24) is 0 Å². The highest BCUT2D eigenvalue weighted by atomic mass is 35.5. The molecule has 0 radical (unpaired) electrons. The molecule has 0 spiro atoms. The average molecular weight is 195 g/mol. The predicted octanol–water partition coefficient (Wildman–Crippen LogP) is 2.09. The van der Waals surface area contributed by atoms with Crippen LogP contribution < -0.4 is 0 Å². The highest BCUT2D eigenvalue weighted by Gasteiger charge is 2.01. The third kappa shape index (κ3) is 2.08. The second-order valence-corrected chi connectivity index (χ2v) is 4.79. The first-order valence-electron chi connectivity index (χ1n) is 2.82. The quantitative estimate of drug-likeness (QED) is 0.674. The summed E-state index contributed by atoms with van der Waals surface area (Å²) in [5, 5.41) is 1.92. The van der Waals surface area contributed by atoms with Gasteiger partial charge in [-0.15, -0.1) is 22.9 Å². The zero-order valence-corrected chi connectivity index (χ0v) is 7.64. The SMILES string of the molecule is O=S(CCCl)c1cccs1. The Morgan fingerprint density at radius 2 is 2.50 bits per heavy atom. The lowest BCUT2D eigenvalue weighted by Crippen LogP contribution is -1.95. The summed E-state index contributed by atoms with van der Waals surface area (Å²) < 4.78 is 12.1. The molecule has 0 saturated carbocycles. The van der Waals surface area contributed by atoms with Crippen LogP contribution in [0.2, 0.25) is 0 Å². The maximum absolute atomic E-state index is 11.1. The van der Waals surface area contributed by atoms with Gasteiger partial charge in [0.05, 0.1) is 15.0 Å². The highest BCUT2D eigenvalue weighted by molar-refractivity contribution is 7.87. The summed E-state index contributed by atoms with van der Waals surface area (Å²) in [5.74, 6) is 1.02. The summed E-state index contributed by atoms with van der Waals surface area (Å²) in [5.41, 5.74) is 0. The first-order valence-corrected chi connectivity index (χ1v) is 5.56. The van der Waals surface area contributed by atoms with Crippen LogP contribution in [0.5, 0.6) is 0 Å². The zero-order valence-electron chi connectivity index (χ0n) is 5.25. The number of alkyl halides is 1. The lowest BCUT2D eigenvalue weighted by molar-refractivity contribution is 0.685. The predicted molar refractivity (Wildman–Crippen MR) is 46.3 cm³/mol. The minimum atomic E-state index is -0.866. The minimum Gasteiger partial charge on any atom is -0.253 e. The monoisotopic (exact) mass is 194 g/mol. The van der Waals surface area contributed by atoms with Crippen molar-refractivity contribution in [3.05, 3.63) is 17.5 Å². The van der Waals surface area contributed by atoms with Crippen molar-refractivity contribution in [2.24, 2.45) is 0 Å². The van der Waals surface area contributed by atoms with Gasteiger partial charge in [-0.3, -0.25) is 4.21 Å². The standard InChI is InChI=1S/C6H7ClOS2/c7-3-5-10(8)6-2-1-4-9-6/h1-2,4H,3,5H2. The minimum absolute atomic E-state index is 0.463. The molecule has 0 aliphatic rings. The Hall–Kier alpha value is 0.140. The van der Waals surface area contributed by atoms with Crippen molar-refractivity contribution in [3.8, 4) is 0 Å². The van der Waals surface area contributed by atoms with E-state index in [0.717, 1.165) is 4.21 Å². The van der Waals surface area contributed by atoms with E-state index in [-0.39, 0.29) is 0 Å². The van der Waals surface area contributed by atoms with E-state index in [4.69, 9.17) is 11.6 Å². The third-order valence-electron chi connectivity index (χ3n) is 0.982. The Kier molecular flexibility index (Phi) is 3.39. The molecule has 4 heteroatoms. The van der Waals surface area contributed by atoms with Crippen molar-refractivity contribution in [2.75, 3.05) is 11.6 Å². The van der Waals surface area contributed by atoms with Crippen LogP contribution in [0.15, 0.2) is 21.7 Å². The van der Waals surface area contributed by atoms with E-state index in [2.05, 4.69) is 0 Å². The first kappa shape index (κ1) is 8.24. The molecule has 0 saturated heterocycles. The molecule has 1 aromatic rings. The molecule has 0 aromatic carbocycles. The molecule has 10 heavy (non-hydrogen) atoms. The molecule has 1 nitrogen and oxygen atoms in total. The Balaban J connectivity index is 2.59. The maximum atomic E-state index is 11.1.